The van der Waals surface area contributed by atoms with Crippen LogP contribution in [-0.4, -0.2) is 30.9 Å². The lowest BCUT2D eigenvalue weighted by Gasteiger charge is -2.12. The van der Waals surface area contributed by atoms with Crippen molar-refractivity contribution in [2.75, 3.05) is 13.2 Å². The lowest BCUT2D eigenvalue weighted by atomic mass is 10.3. The van der Waals surface area contributed by atoms with Crippen molar-refractivity contribution in [3.63, 3.8) is 0 Å². The molecular formula is C7H9ClO5. The largest absolute Gasteiger partial charge is 0.510 e. The van der Waals surface area contributed by atoms with Crippen molar-refractivity contribution in [2.45, 2.75) is 18.4 Å². The second kappa shape index (κ2) is 3.83. The Hall–Kier alpha value is -0.970. The van der Waals surface area contributed by atoms with E-state index in [1.54, 1.807) is 0 Å². The highest BCUT2D eigenvalue weighted by Gasteiger charge is 2.56. The number of hydrogen-bond donors (Lipinski definition) is 0. The van der Waals surface area contributed by atoms with E-state index >= 15 is 0 Å². The Morgan fingerprint density at radius 1 is 1.46 bits per heavy atom. The second-order valence-electron chi connectivity index (χ2n) is 2.59. The van der Waals surface area contributed by atoms with Gasteiger partial charge in [-0.3, -0.25) is 0 Å². The van der Waals surface area contributed by atoms with Crippen molar-refractivity contribution < 1.29 is 23.8 Å². The molecule has 1 aliphatic carbocycles. The Labute approximate surface area is 79.9 Å². The first-order valence-electron chi connectivity index (χ1n) is 3.65. The zero-order valence-electron chi connectivity index (χ0n) is 7.04. The quantitative estimate of drug-likeness (QED) is 0.512. The van der Waals surface area contributed by atoms with Crippen molar-refractivity contribution in [3.05, 3.63) is 0 Å². The van der Waals surface area contributed by atoms with Crippen LogP contribution in [-0.2, 0) is 19.0 Å². The van der Waals surface area contributed by atoms with E-state index in [1.807, 2.05) is 0 Å². The van der Waals surface area contributed by atoms with Gasteiger partial charge < -0.3 is 14.2 Å². The average Bonchev–Trinajstić information content (AvgIpc) is 2.85. The molecule has 0 amide bonds. The molecule has 0 aromatic heterocycles. The number of ether oxygens (including phenoxy) is 3. The van der Waals surface area contributed by atoms with Gasteiger partial charge in [0.15, 0.2) is 6.07 Å². The minimum Gasteiger partial charge on any atom is -0.466 e. The van der Waals surface area contributed by atoms with Gasteiger partial charge in [-0.2, -0.15) is 0 Å². The van der Waals surface area contributed by atoms with Crippen molar-refractivity contribution >= 4 is 23.7 Å². The van der Waals surface area contributed by atoms with Gasteiger partial charge in [-0.1, -0.05) is 11.6 Å². The fraction of sp³-hybridized carbons (Fsp3) is 0.714. The summed E-state index contributed by atoms with van der Waals surface area (Å²) in [4.78, 5) is 21.8. The molecule has 0 heterocycles. The van der Waals surface area contributed by atoms with Gasteiger partial charge in [-0.25, -0.2) is 9.59 Å². The van der Waals surface area contributed by atoms with Crippen LogP contribution >= 0.6 is 11.6 Å². The van der Waals surface area contributed by atoms with Crippen LogP contribution in [0.3, 0.4) is 0 Å². The van der Waals surface area contributed by atoms with Gasteiger partial charge in [-0.05, 0) is 0 Å². The third kappa shape index (κ3) is 2.24. The van der Waals surface area contributed by atoms with Gasteiger partial charge in [0.1, 0.15) is 0 Å². The highest BCUT2D eigenvalue weighted by molar-refractivity contribution is 6.17. The summed E-state index contributed by atoms with van der Waals surface area (Å²) in [6, 6.07) is -0.296. The van der Waals surface area contributed by atoms with E-state index in [2.05, 4.69) is 9.47 Å². The summed E-state index contributed by atoms with van der Waals surface area (Å²) in [6.07, 6.45) is -0.00778. The van der Waals surface area contributed by atoms with Gasteiger partial charge >= 0.3 is 12.1 Å². The van der Waals surface area contributed by atoms with Crippen LogP contribution in [0.5, 0.6) is 0 Å². The molecule has 0 aromatic carbocycles. The fourth-order valence-electron chi connectivity index (χ4n) is 0.881. The van der Waals surface area contributed by atoms with E-state index in [0.717, 1.165) is 0 Å². The molecule has 1 aliphatic rings. The molecule has 5 nitrogen and oxygen atoms in total. The van der Waals surface area contributed by atoms with Gasteiger partial charge in [0.2, 0.25) is 5.60 Å². The van der Waals surface area contributed by atoms with E-state index in [4.69, 9.17) is 16.3 Å². The Morgan fingerprint density at radius 3 is 2.46 bits per heavy atom. The van der Waals surface area contributed by atoms with E-state index in [0.29, 0.717) is 12.8 Å². The molecule has 0 spiro atoms. The first-order valence-corrected chi connectivity index (χ1v) is 4.18. The number of hydrogen-bond acceptors (Lipinski definition) is 5. The molecule has 13 heavy (non-hydrogen) atoms. The molecule has 0 aromatic rings. The Morgan fingerprint density at radius 2 is 2.08 bits per heavy atom. The third-order valence-corrected chi connectivity index (χ3v) is 1.82. The topological polar surface area (TPSA) is 61.8 Å². The number of methoxy groups -OCH3 is 1. The molecule has 6 heteroatoms. The molecule has 0 radical (unpaired) electrons. The lowest BCUT2D eigenvalue weighted by Crippen LogP contribution is -2.30. The third-order valence-electron chi connectivity index (χ3n) is 1.71. The van der Waals surface area contributed by atoms with Crippen molar-refractivity contribution in [1.82, 2.24) is 0 Å². The van der Waals surface area contributed by atoms with E-state index < -0.39 is 17.7 Å². The summed E-state index contributed by atoms with van der Waals surface area (Å²) >= 11 is 5.12. The van der Waals surface area contributed by atoms with Crippen molar-refractivity contribution in [2.24, 2.45) is 0 Å². The van der Waals surface area contributed by atoms with Crippen LogP contribution in [0, 0.1) is 0 Å². The molecule has 74 valence electrons. The smallest absolute Gasteiger partial charge is 0.466 e. The zero-order valence-corrected chi connectivity index (χ0v) is 7.80. The maximum Gasteiger partial charge on any atom is 0.510 e. The van der Waals surface area contributed by atoms with Crippen LogP contribution in [0.1, 0.15) is 12.8 Å². The van der Waals surface area contributed by atoms with Crippen LogP contribution in [0.2, 0.25) is 0 Å². The average molecular weight is 209 g/mol. The van der Waals surface area contributed by atoms with Gasteiger partial charge in [0.25, 0.3) is 0 Å². The predicted molar refractivity (Wildman–Crippen MR) is 42.3 cm³/mol. The molecule has 0 aliphatic heterocycles. The minimum absolute atomic E-state index is 0.296. The van der Waals surface area contributed by atoms with E-state index in [9.17, 15) is 9.59 Å². The molecule has 0 unspecified atom stereocenters. The number of halogens is 1. The summed E-state index contributed by atoms with van der Waals surface area (Å²) in [5.41, 5.74) is -1.11. The SMILES string of the molecule is COC(=O)C1(OC(=O)OCCl)CC1. The van der Waals surface area contributed by atoms with Gasteiger partial charge in [0.05, 0.1) is 7.11 Å². The van der Waals surface area contributed by atoms with Crippen molar-refractivity contribution in [3.8, 4) is 0 Å². The number of carbonyl (C=O) groups is 2. The molecule has 1 rings (SSSR count). The Balaban J connectivity index is 2.43. The highest BCUT2D eigenvalue weighted by Crippen LogP contribution is 2.40. The van der Waals surface area contributed by atoms with Gasteiger partial charge in [0, 0.05) is 12.8 Å². The number of esters is 1. The Kier molecular flexibility index (Phi) is 2.98. The van der Waals surface area contributed by atoms with E-state index in [-0.39, 0.29) is 6.07 Å². The molecule has 0 saturated heterocycles. The predicted octanol–water partition coefficient (Wildman–Crippen LogP) is 1.04. The molecule has 1 saturated carbocycles. The Bertz CT molecular complexity index is 223. The van der Waals surface area contributed by atoms with Crippen molar-refractivity contribution in [1.29, 1.82) is 0 Å². The molecule has 0 N–H and O–H groups in total. The van der Waals surface area contributed by atoms with Crippen LogP contribution in [0.4, 0.5) is 4.79 Å². The van der Waals surface area contributed by atoms with Gasteiger partial charge in [-0.15, -0.1) is 0 Å². The number of alkyl halides is 1. The first-order chi connectivity index (χ1) is 6.14. The second-order valence-corrected chi connectivity index (χ2v) is 2.81. The standard InChI is InChI=1S/C7H9ClO5/c1-11-5(9)7(2-3-7)13-6(10)12-4-8/h2-4H2,1H3. The summed E-state index contributed by atoms with van der Waals surface area (Å²) in [5, 5.41) is 0. The first kappa shape index (κ1) is 10.1. The minimum atomic E-state index is -1.11. The number of rotatable bonds is 3. The summed E-state index contributed by atoms with van der Waals surface area (Å²) in [6.45, 7) is 0. The summed E-state index contributed by atoms with van der Waals surface area (Å²) in [5.74, 6) is -0.556. The van der Waals surface area contributed by atoms with Crippen LogP contribution in [0.25, 0.3) is 0 Å². The fourth-order valence-corrected chi connectivity index (χ4v) is 0.970. The monoisotopic (exact) mass is 208 g/mol. The molecule has 0 atom stereocenters. The van der Waals surface area contributed by atoms with E-state index in [1.165, 1.54) is 7.11 Å². The lowest BCUT2D eigenvalue weighted by molar-refractivity contribution is -0.154. The van der Waals surface area contributed by atoms with Crippen LogP contribution in [0.15, 0.2) is 0 Å². The normalized spacial score (nSPS) is 17.4. The molecule has 0 bridgehead atoms. The highest BCUT2D eigenvalue weighted by atomic mass is 35.5. The summed E-state index contributed by atoms with van der Waals surface area (Å²) in [7, 11) is 1.23. The van der Waals surface area contributed by atoms with Crippen LogP contribution < -0.4 is 0 Å². The maximum atomic E-state index is 11.0. The number of carbonyl (C=O) groups excluding carboxylic acids is 2. The molecule has 1 fully saturated rings. The summed E-state index contributed by atoms with van der Waals surface area (Å²) < 4.78 is 13.5. The zero-order chi connectivity index (χ0) is 9.90. The molecular weight excluding hydrogens is 200 g/mol. The maximum absolute atomic E-state index is 11.0.